The molecular formula is C16H31ClN4O2S. The number of rotatable bonds is 11. The highest BCUT2D eigenvalue weighted by molar-refractivity contribution is 8.00. The highest BCUT2D eigenvalue weighted by Crippen LogP contribution is 2.33. The predicted octanol–water partition coefficient (Wildman–Crippen LogP) is 1.77. The molecule has 0 aromatic heterocycles. The molecule has 2 aliphatic heterocycles. The molecule has 8 heteroatoms. The summed E-state index contributed by atoms with van der Waals surface area (Å²) in [5.41, 5.74) is 5.44. The smallest absolute Gasteiger partial charge is 0.315 e. The first-order valence-electron chi connectivity index (χ1n) is 8.86. The van der Waals surface area contributed by atoms with E-state index in [1.165, 1.54) is 0 Å². The molecule has 0 aromatic rings. The van der Waals surface area contributed by atoms with Crippen molar-refractivity contribution >= 4 is 36.1 Å². The summed E-state index contributed by atoms with van der Waals surface area (Å²) in [6.07, 6.45) is 8.05. The molecule has 5 N–H and O–H groups in total. The molecule has 3 atom stereocenters. The molecule has 0 aliphatic carbocycles. The maximum atomic E-state index is 11.8. The molecule has 140 valence electrons. The fraction of sp³-hybridized carbons (Fsp3) is 0.875. The van der Waals surface area contributed by atoms with E-state index in [2.05, 4.69) is 16.0 Å². The highest BCUT2D eigenvalue weighted by Gasteiger charge is 2.42. The molecule has 3 amide bonds. The number of carbonyl (C=O) groups excluding carboxylic acids is 2. The largest absolute Gasteiger partial charge is 0.356 e. The fourth-order valence-electron chi connectivity index (χ4n) is 3.21. The van der Waals surface area contributed by atoms with Gasteiger partial charge in [-0.25, -0.2) is 4.79 Å². The topological polar surface area (TPSA) is 96.2 Å². The molecule has 0 aromatic carbocycles. The number of fused-ring (bicyclic) bond motifs is 1. The van der Waals surface area contributed by atoms with E-state index in [-0.39, 0.29) is 30.4 Å². The molecule has 0 saturated carbocycles. The van der Waals surface area contributed by atoms with E-state index in [0.717, 1.165) is 63.8 Å². The fourth-order valence-corrected chi connectivity index (χ4v) is 4.76. The maximum Gasteiger partial charge on any atom is 0.315 e. The van der Waals surface area contributed by atoms with Gasteiger partial charge in [0.1, 0.15) is 0 Å². The third kappa shape index (κ3) is 7.07. The lowest BCUT2D eigenvalue weighted by molar-refractivity contribution is -0.121. The van der Waals surface area contributed by atoms with Gasteiger partial charge < -0.3 is 21.7 Å². The van der Waals surface area contributed by atoms with Crippen LogP contribution < -0.4 is 21.7 Å². The maximum absolute atomic E-state index is 11.8. The van der Waals surface area contributed by atoms with Crippen molar-refractivity contribution in [3.05, 3.63) is 0 Å². The zero-order chi connectivity index (χ0) is 16.5. The van der Waals surface area contributed by atoms with Crippen molar-refractivity contribution in [1.29, 1.82) is 0 Å². The summed E-state index contributed by atoms with van der Waals surface area (Å²) in [4.78, 5) is 23.1. The van der Waals surface area contributed by atoms with Crippen molar-refractivity contribution in [1.82, 2.24) is 16.0 Å². The van der Waals surface area contributed by atoms with Gasteiger partial charge in [0.15, 0.2) is 0 Å². The van der Waals surface area contributed by atoms with E-state index in [9.17, 15) is 9.59 Å². The van der Waals surface area contributed by atoms with Crippen molar-refractivity contribution in [2.24, 2.45) is 5.73 Å². The summed E-state index contributed by atoms with van der Waals surface area (Å²) >= 11 is 1.93. The van der Waals surface area contributed by atoms with Gasteiger partial charge in [0.2, 0.25) is 5.91 Å². The Balaban J connectivity index is 0.00000288. The first kappa shape index (κ1) is 21.4. The number of halogens is 1. The number of carbonyl (C=O) groups is 2. The second-order valence-corrected chi connectivity index (χ2v) is 7.69. The summed E-state index contributed by atoms with van der Waals surface area (Å²) in [6.45, 7) is 1.54. The number of hydrogen-bond donors (Lipinski definition) is 4. The van der Waals surface area contributed by atoms with Crippen LogP contribution in [0.15, 0.2) is 0 Å². The number of nitrogens with one attached hydrogen (secondary N) is 3. The Morgan fingerprint density at radius 1 is 1.17 bits per heavy atom. The first-order valence-corrected chi connectivity index (χ1v) is 9.91. The van der Waals surface area contributed by atoms with Crippen LogP contribution in [-0.2, 0) is 4.79 Å². The van der Waals surface area contributed by atoms with Crippen molar-refractivity contribution < 1.29 is 9.59 Å². The molecular weight excluding hydrogens is 348 g/mol. The normalized spacial score (nSPS) is 24.7. The lowest BCUT2D eigenvalue weighted by atomic mass is 10.0. The Bertz CT molecular complexity index is 400. The van der Waals surface area contributed by atoms with Gasteiger partial charge in [-0.2, -0.15) is 11.8 Å². The summed E-state index contributed by atoms with van der Waals surface area (Å²) < 4.78 is 0. The van der Waals surface area contributed by atoms with E-state index >= 15 is 0 Å². The van der Waals surface area contributed by atoms with Crippen LogP contribution in [0.3, 0.4) is 0 Å². The molecule has 2 rings (SSSR count). The van der Waals surface area contributed by atoms with Gasteiger partial charge in [-0.1, -0.05) is 19.3 Å². The molecule has 0 spiro atoms. The van der Waals surface area contributed by atoms with Crippen molar-refractivity contribution in [2.45, 2.75) is 68.7 Å². The number of amides is 3. The van der Waals surface area contributed by atoms with E-state index in [4.69, 9.17) is 5.73 Å². The molecule has 6 nitrogen and oxygen atoms in total. The van der Waals surface area contributed by atoms with Gasteiger partial charge in [-0.3, -0.25) is 4.79 Å². The zero-order valence-corrected chi connectivity index (χ0v) is 15.9. The predicted molar refractivity (Wildman–Crippen MR) is 102 cm³/mol. The number of urea groups is 1. The highest BCUT2D eigenvalue weighted by atomic mass is 35.5. The standard InChI is InChI=1S/C16H30N4O2S.ClH/c17-9-5-1-2-6-10-18-14(21)8-4-3-7-13-15-12(11-23-13)19-16(22)20-15;/h12-13,15H,1-11,17H2,(H,18,21)(H2,19,20,22);1H/t12?,13-,15?;/m0./s1. The Kier molecular flexibility index (Phi) is 10.5. The minimum Gasteiger partial charge on any atom is -0.356 e. The average Bonchev–Trinajstić information content (AvgIpc) is 3.07. The second-order valence-electron chi connectivity index (χ2n) is 6.42. The van der Waals surface area contributed by atoms with Gasteiger partial charge in [0.25, 0.3) is 0 Å². The average molecular weight is 379 g/mol. The SMILES string of the molecule is Cl.NCCCCCCNC(=O)CCCC[C@@H]1SCC2NC(=O)NC21. The van der Waals surface area contributed by atoms with Crippen LogP contribution in [-0.4, -0.2) is 48.1 Å². The van der Waals surface area contributed by atoms with Crippen LogP contribution in [0.25, 0.3) is 0 Å². The summed E-state index contributed by atoms with van der Waals surface area (Å²) in [7, 11) is 0. The molecule has 0 radical (unpaired) electrons. The Morgan fingerprint density at radius 2 is 1.96 bits per heavy atom. The van der Waals surface area contributed by atoms with Gasteiger partial charge in [-0.05, 0) is 32.2 Å². The Morgan fingerprint density at radius 3 is 2.75 bits per heavy atom. The van der Waals surface area contributed by atoms with Crippen LogP contribution in [0.5, 0.6) is 0 Å². The quantitative estimate of drug-likeness (QED) is 0.325. The Labute approximate surface area is 155 Å². The van der Waals surface area contributed by atoms with Crippen LogP contribution in [0.2, 0.25) is 0 Å². The summed E-state index contributed by atoms with van der Waals surface area (Å²) in [5, 5.41) is 9.44. The lowest BCUT2D eigenvalue weighted by Gasteiger charge is -2.16. The second kappa shape index (κ2) is 11.8. The van der Waals surface area contributed by atoms with Gasteiger partial charge >= 0.3 is 6.03 Å². The van der Waals surface area contributed by atoms with Gasteiger partial charge in [0, 0.05) is 24.0 Å². The van der Waals surface area contributed by atoms with Crippen molar-refractivity contribution in [2.75, 3.05) is 18.8 Å². The van der Waals surface area contributed by atoms with Crippen molar-refractivity contribution in [3.8, 4) is 0 Å². The Hall–Kier alpha value is -0.660. The summed E-state index contributed by atoms with van der Waals surface area (Å²) in [5.74, 6) is 1.16. The molecule has 2 heterocycles. The molecule has 2 fully saturated rings. The van der Waals surface area contributed by atoms with Gasteiger partial charge in [-0.15, -0.1) is 12.4 Å². The molecule has 2 unspecified atom stereocenters. The lowest BCUT2D eigenvalue weighted by Crippen LogP contribution is -2.36. The van der Waals surface area contributed by atoms with E-state index in [1.54, 1.807) is 0 Å². The van der Waals surface area contributed by atoms with Crippen LogP contribution in [0.1, 0.15) is 51.4 Å². The van der Waals surface area contributed by atoms with Crippen LogP contribution in [0, 0.1) is 0 Å². The molecule has 2 aliphatic rings. The third-order valence-corrected chi connectivity index (χ3v) is 6.04. The van der Waals surface area contributed by atoms with E-state index in [0.29, 0.717) is 17.7 Å². The van der Waals surface area contributed by atoms with Crippen LogP contribution in [0.4, 0.5) is 4.79 Å². The molecule has 0 bridgehead atoms. The molecule has 2 saturated heterocycles. The molecule has 24 heavy (non-hydrogen) atoms. The number of thioether (sulfide) groups is 1. The first-order chi connectivity index (χ1) is 11.2. The number of nitrogens with two attached hydrogens (primary N) is 1. The zero-order valence-electron chi connectivity index (χ0n) is 14.2. The monoisotopic (exact) mass is 378 g/mol. The van der Waals surface area contributed by atoms with Gasteiger partial charge in [0.05, 0.1) is 12.1 Å². The number of hydrogen-bond acceptors (Lipinski definition) is 4. The summed E-state index contributed by atoms with van der Waals surface area (Å²) in [6, 6.07) is 0.533. The van der Waals surface area contributed by atoms with E-state index in [1.807, 2.05) is 11.8 Å². The van der Waals surface area contributed by atoms with Crippen LogP contribution >= 0.6 is 24.2 Å². The third-order valence-electron chi connectivity index (χ3n) is 4.53. The van der Waals surface area contributed by atoms with Crippen molar-refractivity contribution in [3.63, 3.8) is 0 Å². The minimum absolute atomic E-state index is 0. The number of unbranched alkanes of at least 4 members (excludes halogenated alkanes) is 4. The van der Waals surface area contributed by atoms with E-state index < -0.39 is 0 Å². The minimum atomic E-state index is -0.0314.